The summed E-state index contributed by atoms with van der Waals surface area (Å²) >= 11 is 6.29. The molecule has 150 valence electrons. The van der Waals surface area contributed by atoms with Gasteiger partial charge >= 0.3 is 0 Å². The number of nitrogens with one attached hydrogen (secondary N) is 1. The van der Waals surface area contributed by atoms with E-state index in [0.29, 0.717) is 36.9 Å². The Labute approximate surface area is 174 Å². The van der Waals surface area contributed by atoms with E-state index in [2.05, 4.69) is 15.3 Å². The normalized spacial score (nSPS) is 19.7. The highest BCUT2D eigenvalue weighted by Crippen LogP contribution is 2.26. The first kappa shape index (κ1) is 19.3. The standard InChI is InChI=1S/C21H22ClN5O2/c1-15-20(28)27(16-7-3-2-4-8-16)24-19(23-15)21(29)26-13-11-25(12-14-26)18-10-6-5-9-17(18)22/h2-10,15H,11-14H2,1H3,(H,23,24). The van der Waals surface area contributed by atoms with Crippen LogP contribution in [0, 0.1) is 0 Å². The molecule has 2 aliphatic heterocycles. The van der Waals surface area contributed by atoms with E-state index in [0.717, 1.165) is 5.69 Å². The molecule has 2 amide bonds. The van der Waals surface area contributed by atoms with Gasteiger partial charge in [-0.2, -0.15) is 0 Å². The second-order valence-corrected chi connectivity index (χ2v) is 7.41. The Balaban J connectivity index is 1.45. The molecule has 8 heteroatoms. The Bertz CT molecular complexity index is 941. The highest BCUT2D eigenvalue weighted by atomic mass is 35.5. The van der Waals surface area contributed by atoms with Crippen LogP contribution in [0.2, 0.25) is 5.02 Å². The molecule has 1 saturated heterocycles. The molecule has 1 fully saturated rings. The molecule has 0 aromatic heterocycles. The van der Waals surface area contributed by atoms with Crippen LogP contribution in [0.5, 0.6) is 0 Å². The molecule has 0 saturated carbocycles. The zero-order valence-electron chi connectivity index (χ0n) is 16.1. The van der Waals surface area contributed by atoms with Crippen molar-refractivity contribution in [1.82, 2.24) is 10.3 Å². The molecule has 2 aromatic rings. The van der Waals surface area contributed by atoms with Crippen molar-refractivity contribution in [2.75, 3.05) is 36.1 Å². The Hall–Kier alpha value is -3.06. The topological polar surface area (TPSA) is 68.2 Å². The number of aliphatic imine (C=N–C) groups is 1. The molecule has 0 radical (unpaired) electrons. The molecule has 1 unspecified atom stereocenters. The van der Waals surface area contributed by atoms with E-state index in [1.807, 2.05) is 54.6 Å². The third kappa shape index (κ3) is 3.91. The lowest BCUT2D eigenvalue weighted by Crippen LogP contribution is -2.60. The van der Waals surface area contributed by atoms with E-state index in [-0.39, 0.29) is 17.6 Å². The number of carbonyl (C=O) groups excluding carboxylic acids is 2. The van der Waals surface area contributed by atoms with Crippen molar-refractivity contribution < 1.29 is 9.59 Å². The highest BCUT2D eigenvalue weighted by molar-refractivity contribution is 6.39. The third-order valence-electron chi connectivity index (χ3n) is 5.10. The van der Waals surface area contributed by atoms with Crippen LogP contribution in [0.25, 0.3) is 0 Å². The second-order valence-electron chi connectivity index (χ2n) is 7.01. The number of hydrazine groups is 1. The van der Waals surface area contributed by atoms with E-state index in [1.165, 1.54) is 5.01 Å². The van der Waals surface area contributed by atoms with Crippen molar-refractivity contribution in [2.45, 2.75) is 13.0 Å². The average Bonchev–Trinajstić information content (AvgIpc) is 2.76. The number of halogens is 1. The molecule has 1 N–H and O–H groups in total. The Morgan fingerprint density at radius 3 is 2.38 bits per heavy atom. The minimum absolute atomic E-state index is 0.187. The first-order chi connectivity index (χ1) is 14.0. The molecule has 1 atom stereocenters. The minimum atomic E-state index is -0.625. The maximum Gasteiger partial charge on any atom is 0.290 e. The summed E-state index contributed by atoms with van der Waals surface area (Å²) in [4.78, 5) is 33.8. The summed E-state index contributed by atoms with van der Waals surface area (Å²) in [6.07, 6.45) is 0. The molecular weight excluding hydrogens is 390 g/mol. The number of hydrogen-bond acceptors (Lipinski definition) is 5. The predicted octanol–water partition coefficient (Wildman–Crippen LogP) is 2.33. The highest BCUT2D eigenvalue weighted by Gasteiger charge is 2.33. The van der Waals surface area contributed by atoms with Crippen molar-refractivity contribution in [3.8, 4) is 0 Å². The summed E-state index contributed by atoms with van der Waals surface area (Å²) in [5.74, 6) is -0.215. The van der Waals surface area contributed by atoms with E-state index in [4.69, 9.17) is 11.6 Å². The second kappa shape index (κ2) is 8.13. The fourth-order valence-electron chi connectivity index (χ4n) is 3.51. The van der Waals surface area contributed by atoms with Crippen molar-refractivity contribution in [3.63, 3.8) is 0 Å². The fraction of sp³-hybridized carbons (Fsp3) is 0.286. The van der Waals surface area contributed by atoms with Gasteiger partial charge in [0.25, 0.3) is 11.8 Å². The number of rotatable bonds is 3. The van der Waals surface area contributed by atoms with Crippen LogP contribution in [-0.2, 0) is 9.59 Å². The van der Waals surface area contributed by atoms with Crippen LogP contribution in [-0.4, -0.2) is 54.8 Å². The summed E-state index contributed by atoms with van der Waals surface area (Å²) in [6.45, 7) is 4.16. The molecule has 7 nitrogen and oxygen atoms in total. The van der Waals surface area contributed by atoms with Gasteiger partial charge in [-0.25, -0.2) is 10.0 Å². The number of hydrogen-bond donors (Lipinski definition) is 1. The van der Waals surface area contributed by atoms with Crippen molar-refractivity contribution in [1.29, 1.82) is 0 Å². The lowest BCUT2D eigenvalue weighted by molar-refractivity contribution is -0.125. The van der Waals surface area contributed by atoms with Gasteiger partial charge in [-0.15, -0.1) is 0 Å². The van der Waals surface area contributed by atoms with E-state index in [1.54, 1.807) is 11.8 Å². The first-order valence-electron chi connectivity index (χ1n) is 9.57. The summed E-state index contributed by atoms with van der Waals surface area (Å²) in [5.41, 5.74) is 4.56. The molecule has 2 heterocycles. The van der Waals surface area contributed by atoms with Crippen LogP contribution < -0.4 is 15.3 Å². The Morgan fingerprint density at radius 2 is 1.69 bits per heavy atom. The molecule has 29 heavy (non-hydrogen) atoms. The largest absolute Gasteiger partial charge is 0.367 e. The van der Waals surface area contributed by atoms with Gasteiger partial charge in [0.2, 0.25) is 5.84 Å². The van der Waals surface area contributed by atoms with E-state index in [9.17, 15) is 9.59 Å². The molecule has 2 aromatic carbocycles. The van der Waals surface area contributed by atoms with Crippen LogP contribution in [0.15, 0.2) is 59.6 Å². The molecule has 2 aliphatic rings. The monoisotopic (exact) mass is 411 g/mol. The first-order valence-corrected chi connectivity index (χ1v) is 9.94. The summed E-state index contributed by atoms with van der Waals surface area (Å²) in [6, 6.07) is 16.3. The van der Waals surface area contributed by atoms with Crippen LogP contribution in [0.1, 0.15) is 6.92 Å². The minimum Gasteiger partial charge on any atom is -0.367 e. The lowest BCUT2D eigenvalue weighted by atomic mass is 10.2. The van der Waals surface area contributed by atoms with Crippen LogP contribution >= 0.6 is 11.6 Å². The van der Waals surface area contributed by atoms with Gasteiger partial charge in [-0.1, -0.05) is 41.9 Å². The number of nitrogens with zero attached hydrogens (tertiary/aromatic N) is 4. The molecule has 4 rings (SSSR count). The summed E-state index contributed by atoms with van der Waals surface area (Å²) in [5, 5.41) is 2.10. The smallest absolute Gasteiger partial charge is 0.290 e. The number of piperazine rings is 1. The molecule has 0 bridgehead atoms. The van der Waals surface area contributed by atoms with E-state index < -0.39 is 6.04 Å². The van der Waals surface area contributed by atoms with Gasteiger partial charge in [0.1, 0.15) is 6.04 Å². The van der Waals surface area contributed by atoms with Crippen LogP contribution in [0.4, 0.5) is 11.4 Å². The predicted molar refractivity (Wildman–Crippen MR) is 114 cm³/mol. The fourth-order valence-corrected chi connectivity index (χ4v) is 3.76. The quantitative estimate of drug-likeness (QED) is 0.841. The Morgan fingerprint density at radius 1 is 1.03 bits per heavy atom. The lowest BCUT2D eigenvalue weighted by Gasteiger charge is -2.38. The number of anilines is 2. The molecular formula is C21H22ClN5O2. The van der Waals surface area contributed by atoms with E-state index >= 15 is 0 Å². The SMILES string of the molecule is CC1N=C(C(=O)N2CCN(c3ccccc3Cl)CC2)NN(c2ccccc2)C1=O. The maximum atomic E-state index is 13.0. The zero-order chi connectivity index (χ0) is 20.4. The zero-order valence-corrected chi connectivity index (χ0v) is 16.8. The molecule has 0 spiro atoms. The third-order valence-corrected chi connectivity index (χ3v) is 5.41. The van der Waals surface area contributed by atoms with Crippen LogP contribution in [0.3, 0.4) is 0 Å². The molecule has 0 aliphatic carbocycles. The van der Waals surface area contributed by atoms with Gasteiger partial charge in [0.15, 0.2) is 0 Å². The van der Waals surface area contributed by atoms with Gasteiger partial charge in [-0.3, -0.25) is 15.0 Å². The number of carbonyl (C=O) groups is 2. The van der Waals surface area contributed by atoms with Crippen molar-refractivity contribution >= 4 is 40.6 Å². The van der Waals surface area contributed by atoms with Gasteiger partial charge in [0, 0.05) is 26.2 Å². The van der Waals surface area contributed by atoms with Gasteiger partial charge in [0.05, 0.1) is 16.4 Å². The number of para-hydroxylation sites is 2. The van der Waals surface area contributed by atoms with Gasteiger partial charge < -0.3 is 9.80 Å². The van der Waals surface area contributed by atoms with Crippen molar-refractivity contribution in [3.05, 3.63) is 59.6 Å². The Kier molecular flexibility index (Phi) is 5.40. The average molecular weight is 412 g/mol. The number of benzene rings is 2. The summed E-state index contributed by atoms with van der Waals surface area (Å²) in [7, 11) is 0. The summed E-state index contributed by atoms with van der Waals surface area (Å²) < 4.78 is 0. The number of amidine groups is 1. The number of amides is 2. The maximum absolute atomic E-state index is 13.0. The van der Waals surface area contributed by atoms with Gasteiger partial charge in [-0.05, 0) is 31.2 Å². The van der Waals surface area contributed by atoms with Crippen molar-refractivity contribution in [2.24, 2.45) is 4.99 Å².